The summed E-state index contributed by atoms with van der Waals surface area (Å²) in [5.41, 5.74) is 15.0. The van der Waals surface area contributed by atoms with Gasteiger partial charge in [0.25, 0.3) is 0 Å². The molecule has 0 atom stereocenters. The maximum Gasteiger partial charge on any atom is 0.346 e. The fourth-order valence-electron chi connectivity index (χ4n) is 8.71. The Hall–Kier alpha value is -6.96. The molecule has 0 fully saturated rings. The van der Waals surface area contributed by atoms with E-state index < -0.39 is 11.4 Å². The third kappa shape index (κ3) is 7.61. The lowest BCUT2D eigenvalue weighted by Crippen LogP contribution is -2.28. The number of aliphatic carboxylic acids is 1. The van der Waals surface area contributed by atoms with Crippen molar-refractivity contribution in [1.29, 1.82) is 5.26 Å². The Balaban J connectivity index is 1.32. The Labute approximate surface area is 348 Å². The molecular weight excluding hydrogens is 721 g/mol. The molecule has 0 aromatic heterocycles. The van der Waals surface area contributed by atoms with Crippen LogP contribution in [0.2, 0.25) is 0 Å². The van der Waals surface area contributed by atoms with Gasteiger partial charge in [0, 0.05) is 17.1 Å². The molecule has 0 unspecified atom stereocenters. The highest BCUT2D eigenvalue weighted by Crippen LogP contribution is 2.58. The molecule has 0 radical (unpaired) electrons. The predicted octanol–water partition coefficient (Wildman–Crippen LogP) is 13.9. The van der Waals surface area contributed by atoms with E-state index in [1.807, 2.05) is 24.3 Å². The number of rotatable bonds is 14. The number of anilines is 3. The van der Waals surface area contributed by atoms with Gasteiger partial charge in [0.2, 0.25) is 0 Å². The molecule has 0 saturated heterocycles. The second-order valence-corrected chi connectivity index (χ2v) is 15.4. The van der Waals surface area contributed by atoms with Crippen LogP contribution in [-0.2, 0) is 23.1 Å². The van der Waals surface area contributed by atoms with E-state index in [2.05, 4.69) is 164 Å². The van der Waals surface area contributed by atoms with Gasteiger partial charge in [-0.1, -0.05) is 154 Å². The fraction of sp³-hybridized carbons (Fsp3) is 0.164. The molecule has 59 heavy (non-hydrogen) atoms. The van der Waals surface area contributed by atoms with Gasteiger partial charge in [0.1, 0.15) is 11.6 Å². The second-order valence-electron chi connectivity index (χ2n) is 15.4. The number of carboxylic acid groups (broad SMARTS) is 1. The van der Waals surface area contributed by atoms with Crippen LogP contribution in [0, 0.1) is 11.3 Å². The Morgan fingerprint density at radius 1 is 0.593 bits per heavy atom. The number of hydrogen-bond acceptors (Lipinski definition) is 3. The van der Waals surface area contributed by atoms with E-state index in [0.29, 0.717) is 5.56 Å². The molecule has 0 spiro atoms. The van der Waals surface area contributed by atoms with Gasteiger partial charge in [0.05, 0.1) is 5.41 Å². The van der Waals surface area contributed by atoms with E-state index in [0.717, 1.165) is 41.0 Å². The fourth-order valence-corrected chi connectivity index (χ4v) is 8.71. The monoisotopic (exact) mass is 768 g/mol. The standard InChI is InChI=1S/C55H48N2O2/c1-3-5-13-39-21-28-47(29-22-39)57(48-30-23-40(24-31-48)14-6-4-2)49-32-34-51-50-33-27-43(42-25-19-41(20-26-42)35-44(38-56)54(58)59)36-52(50)55(53(51)37-49,45-15-9-7-10-16-45)46-17-11-8-12-18-46/h7-12,15-37H,3-6,13-14H2,1-2H3,(H,58,59)/b44-35-. The highest BCUT2D eigenvalue weighted by atomic mass is 16.4. The molecule has 7 aromatic rings. The number of carbonyl (C=O) groups is 1. The van der Waals surface area contributed by atoms with Crippen LogP contribution >= 0.6 is 0 Å². The zero-order chi connectivity index (χ0) is 40.8. The summed E-state index contributed by atoms with van der Waals surface area (Å²) in [6.45, 7) is 4.48. The van der Waals surface area contributed by atoms with Crippen molar-refractivity contribution in [2.24, 2.45) is 0 Å². The minimum Gasteiger partial charge on any atom is -0.477 e. The Kier molecular flexibility index (Phi) is 11.4. The van der Waals surface area contributed by atoms with Crippen LogP contribution in [0.1, 0.15) is 78.5 Å². The molecule has 0 bridgehead atoms. The number of benzene rings is 7. The molecule has 4 nitrogen and oxygen atoms in total. The van der Waals surface area contributed by atoms with Crippen molar-refractivity contribution in [3.8, 4) is 28.3 Å². The van der Waals surface area contributed by atoms with Gasteiger partial charge in [-0.3, -0.25) is 0 Å². The highest BCUT2D eigenvalue weighted by Gasteiger charge is 2.46. The largest absolute Gasteiger partial charge is 0.477 e. The normalized spacial score (nSPS) is 12.7. The van der Waals surface area contributed by atoms with Crippen LogP contribution < -0.4 is 4.90 Å². The summed E-state index contributed by atoms with van der Waals surface area (Å²) in [7, 11) is 0. The minimum atomic E-state index is -1.24. The molecule has 1 N–H and O–H groups in total. The van der Waals surface area contributed by atoms with Crippen molar-refractivity contribution in [3.05, 3.63) is 214 Å². The summed E-state index contributed by atoms with van der Waals surface area (Å²) in [4.78, 5) is 13.9. The van der Waals surface area contributed by atoms with Crippen molar-refractivity contribution in [2.45, 2.75) is 57.8 Å². The van der Waals surface area contributed by atoms with E-state index in [1.54, 1.807) is 6.07 Å². The van der Waals surface area contributed by atoms with Crippen molar-refractivity contribution < 1.29 is 9.90 Å². The summed E-state index contributed by atoms with van der Waals surface area (Å²) in [6.07, 6.45) is 8.25. The first-order valence-corrected chi connectivity index (χ1v) is 20.8. The van der Waals surface area contributed by atoms with Gasteiger partial charge in [0.15, 0.2) is 0 Å². The summed E-state index contributed by atoms with van der Waals surface area (Å²) >= 11 is 0. The molecule has 0 amide bonds. The maximum absolute atomic E-state index is 11.5. The first-order valence-electron chi connectivity index (χ1n) is 20.8. The van der Waals surface area contributed by atoms with E-state index >= 15 is 0 Å². The van der Waals surface area contributed by atoms with E-state index in [4.69, 9.17) is 0 Å². The van der Waals surface area contributed by atoms with Gasteiger partial charge in [-0.15, -0.1) is 0 Å². The molecular formula is C55H48N2O2. The molecule has 0 heterocycles. The maximum atomic E-state index is 11.5. The average Bonchev–Trinajstić information content (AvgIpc) is 3.58. The molecule has 1 aliphatic rings. The second kappa shape index (κ2) is 17.3. The molecule has 7 aromatic carbocycles. The summed E-state index contributed by atoms with van der Waals surface area (Å²) in [5, 5.41) is 18.7. The molecule has 8 rings (SSSR count). The van der Waals surface area contributed by atoms with Crippen molar-refractivity contribution >= 4 is 29.1 Å². The summed E-state index contributed by atoms with van der Waals surface area (Å²) in [5.74, 6) is -1.24. The lowest BCUT2D eigenvalue weighted by atomic mass is 9.67. The first kappa shape index (κ1) is 38.9. The van der Waals surface area contributed by atoms with Crippen molar-refractivity contribution in [3.63, 3.8) is 0 Å². The third-order valence-electron chi connectivity index (χ3n) is 11.7. The number of hydrogen-bond donors (Lipinski definition) is 1. The van der Waals surface area contributed by atoms with Crippen LogP contribution in [0.15, 0.2) is 175 Å². The SMILES string of the molecule is CCCCc1ccc(N(c2ccc(CCCC)cc2)c2ccc3c(c2)C(c2ccccc2)(c2ccccc2)c2cc(-c4ccc(/C=C(/C#N)C(=O)O)cc4)ccc2-3)cc1. The van der Waals surface area contributed by atoms with Crippen LogP contribution in [-0.4, -0.2) is 11.1 Å². The van der Waals surface area contributed by atoms with Gasteiger partial charge in [-0.2, -0.15) is 5.26 Å². The summed E-state index contributed by atoms with van der Waals surface area (Å²) < 4.78 is 0. The van der Waals surface area contributed by atoms with Crippen molar-refractivity contribution in [2.75, 3.05) is 4.90 Å². The number of nitriles is 1. The van der Waals surface area contributed by atoms with Crippen molar-refractivity contribution in [1.82, 2.24) is 0 Å². The smallest absolute Gasteiger partial charge is 0.346 e. The van der Waals surface area contributed by atoms with Gasteiger partial charge >= 0.3 is 5.97 Å². The van der Waals surface area contributed by atoms with E-state index in [9.17, 15) is 15.2 Å². The molecule has 0 aliphatic heterocycles. The quantitative estimate of drug-likeness (QED) is 0.0884. The van der Waals surface area contributed by atoms with Crippen LogP contribution in [0.5, 0.6) is 0 Å². The Bertz CT molecular complexity index is 2550. The van der Waals surface area contributed by atoms with E-state index in [1.165, 1.54) is 76.3 Å². The van der Waals surface area contributed by atoms with E-state index in [-0.39, 0.29) is 5.57 Å². The first-order chi connectivity index (χ1) is 28.9. The topological polar surface area (TPSA) is 64.3 Å². The van der Waals surface area contributed by atoms with Gasteiger partial charge in [-0.25, -0.2) is 4.79 Å². The molecule has 0 saturated carbocycles. The zero-order valence-electron chi connectivity index (χ0n) is 33.7. The number of aryl methyl sites for hydroxylation is 2. The Morgan fingerprint density at radius 3 is 1.56 bits per heavy atom. The number of unbranched alkanes of at least 4 members (excludes halogenated alkanes) is 2. The number of carboxylic acids is 1. The van der Waals surface area contributed by atoms with Crippen LogP contribution in [0.4, 0.5) is 17.1 Å². The molecule has 290 valence electrons. The van der Waals surface area contributed by atoms with Gasteiger partial charge in [-0.05, 0) is 135 Å². The summed E-state index contributed by atoms with van der Waals surface area (Å²) in [6, 6.07) is 63.2. The number of nitrogens with zero attached hydrogens (tertiary/aromatic N) is 2. The number of fused-ring (bicyclic) bond motifs is 3. The van der Waals surface area contributed by atoms with Crippen LogP contribution in [0.25, 0.3) is 28.3 Å². The lowest BCUT2D eigenvalue weighted by molar-refractivity contribution is -0.132. The average molecular weight is 769 g/mol. The molecule has 1 aliphatic carbocycles. The third-order valence-corrected chi connectivity index (χ3v) is 11.7. The highest BCUT2D eigenvalue weighted by molar-refractivity contribution is 5.96. The molecule has 4 heteroatoms. The predicted molar refractivity (Wildman–Crippen MR) is 242 cm³/mol. The zero-order valence-corrected chi connectivity index (χ0v) is 33.7. The minimum absolute atomic E-state index is 0.297. The van der Waals surface area contributed by atoms with Crippen LogP contribution in [0.3, 0.4) is 0 Å². The Morgan fingerprint density at radius 2 is 1.07 bits per heavy atom. The lowest BCUT2D eigenvalue weighted by Gasteiger charge is -2.35. The van der Waals surface area contributed by atoms with Gasteiger partial charge < -0.3 is 10.0 Å².